The third kappa shape index (κ3) is 3.83. The fourth-order valence-corrected chi connectivity index (χ4v) is 3.31. The van der Waals surface area contributed by atoms with Crippen molar-refractivity contribution in [2.75, 3.05) is 12.3 Å². The molecule has 4 nitrogen and oxygen atoms in total. The number of hydrogen-bond acceptors (Lipinski definition) is 3. The van der Waals surface area contributed by atoms with Crippen molar-refractivity contribution in [3.8, 4) is 6.07 Å². The van der Waals surface area contributed by atoms with Crippen LogP contribution in [0.25, 0.3) is 0 Å². The van der Waals surface area contributed by atoms with E-state index in [0.717, 1.165) is 12.0 Å². The van der Waals surface area contributed by atoms with Crippen molar-refractivity contribution in [1.82, 2.24) is 4.72 Å². The van der Waals surface area contributed by atoms with E-state index in [1.165, 1.54) is 0 Å². The Bertz CT molecular complexity index is 625. The van der Waals surface area contributed by atoms with Gasteiger partial charge in [-0.3, -0.25) is 0 Å². The second-order valence-electron chi connectivity index (χ2n) is 4.53. The van der Waals surface area contributed by atoms with Crippen molar-refractivity contribution in [2.24, 2.45) is 5.92 Å². The second-order valence-corrected chi connectivity index (χ2v) is 7.18. The predicted octanol–water partition coefficient (Wildman–Crippen LogP) is 2.54. The van der Waals surface area contributed by atoms with Gasteiger partial charge in [0.05, 0.1) is 6.07 Å². The quantitative estimate of drug-likeness (QED) is 0.907. The SMILES string of the molecule is N#CCS(=O)(=O)NC[C@H]1C[C@H]1c1ccc(Cl)cc1Cl. The van der Waals surface area contributed by atoms with Crippen molar-refractivity contribution in [3.05, 3.63) is 33.8 Å². The van der Waals surface area contributed by atoms with E-state index in [0.29, 0.717) is 16.6 Å². The van der Waals surface area contributed by atoms with Crippen LogP contribution < -0.4 is 4.72 Å². The molecule has 1 aliphatic rings. The molecule has 0 heterocycles. The first-order valence-corrected chi connectivity index (χ1v) is 8.13. The first kappa shape index (κ1) is 14.6. The molecule has 0 saturated heterocycles. The Morgan fingerprint density at radius 2 is 2.16 bits per heavy atom. The lowest BCUT2D eigenvalue weighted by Gasteiger charge is -2.05. The molecule has 102 valence electrons. The zero-order valence-corrected chi connectivity index (χ0v) is 12.3. The monoisotopic (exact) mass is 318 g/mol. The summed E-state index contributed by atoms with van der Waals surface area (Å²) < 4.78 is 25.1. The van der Waals surface area contributed by atoms with Crippen LogP contribution in [0.1, 0.15) is 17.9 Å². The van der Waals surface area contributed by atoms with E-state index in [9.17, 15) is 8.42 Å². The lowest BCUT2D eigenvalue weighted by molar-refractivity contribution is 0.580. The Morgan fingerprint density at radius 3 is 2.79 bits per heavy atom. The largest absolute Gasteiger partial charge is 0.225 e. The van der Waals surface area contributed by atoms with Crippen LogP contribution in [-0.2, 0) is 10.0 Å². The fraction of sp³-hybridized carbons (Fsp3) is 0.417. The van der Waals surface area contributed by atoms with Crippen molar-refractivity contribution in [1.29, 1.82) is 5.26 Å². The average molecular weight is 319 g/mol. The first-order chi connectivity index (χ1) is 8.93. The number of nitrogens with one attached hydrogen (secondary N) is 1. The highest BCUT2D eigenvalue weighted by Crippen LogP contribution is 2.49. The molecule has 0 bridgehead atoms. The van der Waals surface area contributed by atoms with Crippen molar-refractivity contribution in [2.45, 2.75) is 12.3 Å². The van der Waals surface area contributed by atoms with E-state index in [1.807, 2.05) is 6.07 Å². The summed E-state index contributed by atoms with van der Waals surface area (Å²) in [7, 11) is -3.47. The highest BCUT2D eigenvalue weighted by molar-refractivity contribution is 7.89. The van der Waals surface area contributed by atoms with E-state index >= 15 is 0 Å². The van der Waals surface area contributed by atoms with Gasteiger partial charge < -0.3 is 0 Å². The minimum atomic E-state index is -3.47. The van der Waals surface area contributed by atoms with Gasteiger partial charge in [0.2, 0.25) is 10.0 Å². The molecule has 0 radical (unpaired) electrons. The van der Waals surface area contributed by atoms with Crippen LogP contribution in [-0.4, -0.2) is 20.7 Å². The molecular weight excluding hydrogens is 307 g/mol. The molecule has 2 rings (SSSR count). The van der Waals surface area contributed by atoms with E-state index < -0.39 is 15.8 Å². The zero-order chi connectivity index (χ0) is 14.0. The first-order valence-electron chi connectivity index (χ1n) is 5.72. The number of sulfonamides is 1. The average Bonchev–Trinajstić information content (AvgIpc) is 3.06. The standard InChI is InChI=1S/C12H12Cl2N2O2S/c13-9-1-2-10(12(14)6-9)11-5-8(11)7-16-19(17,18)4-3-15/h1-2,6,8,11,16H,4-5,7H2/t8-,11-/m1/s1. The Labute approximate surface area is 122 Å². The number of nitriles is 1. The predicted molar refractivity (Wildman–Crippen MR) is 74.7 cm³/mol. The molecule has 2 atom stereocenters. The van der Waals surface area contributed by atoms with Gasteiger partial charge in [-0.2, -0.15) is 5.26 Å². The molecule has 19 heavy (non-hydrogen) atoms. The molecule has 0 amide bonds. The maximum atomic E-state index is 11.3. The Morgan fingerprint density at radius 1 is 1.42 bits per heavy atom. The molecule has 1 N–H and O–H groups in total. The third-order valence-electron chi connectivity index (χ3n) is 3.10. The minimum Gasteiger partial charge on any atom is -0.214 e. The van der Waals surface area contributed by atoms with Gasteiger partial charge in [-0.1, -0.05) is 29.3 Å². The summed E-state index contributed by atoms with van der Waals surface area (Å²) in [5.41, 5.74) is 0.996. The minimum absolute atomic E-state index is 0.229. The van der Waals surface area contributed by atoms with Crippen LogP contribution in [0.3, 0.4) is 0 Å². The molecule has 1 saturated carbocycles. The summed E-state index contributed by atoms with van der Waals surface area (Å²) in [6, 6.07) is 6.96. The van der Waals surface area contributed by atoms with Crippen molar-refractivity contribution < 1.29 is 8.42 Å². The zero-order valence-electron chi connectivity index (χ0n) is 9.94. The molecule has 7 heteroatoms. The molecular formula is C12H12Cl2N2O2S. The number of hydrogen-bond donors (Lipinski definition) is 1. The molecule has 1 aliphatic carbocycles. The van der Waals surface area contributed by atoms with Crippen LogP contribution in [0.4, 0.5) is 0 Å². The van der Waals surface area contributed by atoms with Gasteiger partial charge in [-0.25, -0.2) is 13.1 Å². The Kier molecular flexibility index (Phi) is 4.36. The molecule has 1 aromatic carbocycles. The Balaban J connectivity index is 1.93. The number of rotatable bonds is 5. The van der Waals surface area contributed by atoms with Gasteiger partial charge in [-0.15, -0.1) is 0 Å². The van der Waals surface area contributed by atoms with E-state index in [2.05, 4.69) is 4.72 Å². The van der Waals surface area contributed by atoms with Crippen LogP contribution in [0.15, 0.2) is 18.2 Å². The topological polar surface area (TPSA) is 70.0 Å². The van der Waals surface area contributed by atoms with Gasteiger partial charge in [0.25, 0.3) is 0 Å². The lowest BCUT2D eigenvalue weighted by Crippen LogP contribution is -2.28. The highest BCUT2D eigenvalue weighted by atomic mass is 35.5. The van der Waals surface area contributed by atoms with Crippen LogP contribution in [0.5, 0.6) is 0 Å². The van der Waals surface area contributed by atoms with Gasteiger partial charge in [0.15, 0.2) is 5.75 Å². The summed E-state index contributed by atoms with van der Waals surface area (Å²) in [6.07, 6.45) is 0.885. The van der Waals surface area contributed by atoms with Crippen molar-refractivity contribution >= 4 is 33.2 Å². The van der Waals surface area contributed by atoms with E-state index in [-0.39, 0.29) is 11.8 Å². The fourth-order valence-electron chi connectivity index (χ4n) is 2.03. The maximum Gasteiger partial charge on any atom is 0.225 e. The molecule has 0 unspecified atom stereocenters. The molecule has 0 aromatic heterocycles. The van der Waals surface area contributed by atoms with Gasteiger partial charge in [0, 0.05) is 16.6 Å². The van der Waals surface area contributed by atoms with Crippen LogP contribution in [0, 0.1) is 17.2 Å². The number of nitrogens with zero attached hydrogens (tertiary/aromatic N) is 1. The van der Waals surface area contributed by atoms with Gasteiger partial charge in [0.1, 0.15) is 0 Å². The molecule has 1 aromatic rings. The Hall–Kier alpha value is -0.800. The lowest BCUT2D eigenvalue weighted by atomic mass is 10.1. The maximum absolute atomic E-state index is 11.3. The molecule has 0 aliphatic heterocycles. The third-order valence-corrected chi connectivity index (χ3v) is 4.78. The summed E-state index contributed by atoms with van der Waals surface area (Å²) >= 11 is 11.9. The highest BCUT2D eigenvalue weighted by Gasteiger charge is 2.39. The summed E-state index contributed by atoms with van der Waals surface area (Å²) in [5, 5.41) is 9.57. The summed E-state index contributed by atoms with van der Waals surface area (Å²) in [6.45, 7) is 0.341. The van der Waals surface area contributed by atoms with E-state index in [4.69, 9.17) is 28.5 Å². The van der Waals surface area contributed by atoms with Crippen molar-refractivity contribution in [3.63, 3.8) is 0 Å². The number of halogens is 2. The normalized spacial score (nSPS) is 21.9. The summed E-state index contributed by atoms with van der Waals surface area (Å²) in [5.74, 6) is -0.0202. The molecule has 1 fully saturated rings. The van der Waals surface area contributed by atoms with Crippen LogP contribution in [0.2, 0.25) is 10.0 Å². The van der Waals surface area contributed by atoms with Crippen LogP contribution >= 0.6 is 23.2 Å². The number of benzene rings is 1. The smallest absolute Gasteiger partial charge is 0.214 e. The molecule has 0 spiro atoms. The second kappa shape index (κ2) is 5.68. The van der Waals surface area contributed by atoms with E-state index in [1.54, 1.807) is 18.2 Å². The van der Waals surface area contributed by atoms with Gasteiger partial charge >= 0.3 is 0 Å². The summed E-state index contributed by atoms with van der Waals surface area (Å²) in [4.78, 5) is 0. The van der Waals surface area contributed by atoms with Gasteiger partial charge in [-0.05, 0) is 36.0 Å².